The van der Waals surface area contributed by atoms with Gasteiger partial charge >= 0.3 is 0 Å². The van der Waals surface area contributed by atoms with Gasteiger partial charge in [0, 0.05) is 29.9 Å². The number of rotatable bonds is 3. The van der Waals surface area contributed by atoms with Crippen LogP contribution in [0.2, 0.25) is 5.02 Å². The van der Waals surface area contributed by atoms with E-state index in [-0.39, 0.29) is 5.41 Å². The molecule has 0 aromatic carbocycles. The zero-order chi connectivity index (χ0) is 17.6. The summed E-state index contributed by atoms with van der Waals surface area (Å²) < 4.78 is 2.07. The average molecular weight is 361 g/mol. The van der Waals surface area contributed by atoms with Crippen molar-refractivity contribution in [3.05, 3.63) is 23.1 Å². The normalized spacial score (nSPS) is 25.0. The van der Waals surface area contributed by atoms with E-state index in [9.17, 15) is 0 Å². The van der Waals surface area contributed by atoms with Crippen molar-refractivity contribution in [2.75, 3.05) is 5.32 Å². The molecular weight excluding hydrogens is 336 g/mol. The van der Waals surface area contributed by atoms with Crippen LogP contribution in [0, 0.1) is 5.41 Å². The molecule has 0 saturated heterocycles. The Morgan fingerprint density at radius 3 is 2.76 bits per heavy atom. The quantitative estimate of drug-likeness (QED) is 0.877. The summed E-state index contributed by atoms with van der Waals surface area (Å²) in [5, 5.41) is 8.54. The first-order valence-corrected chi connectivity index (χ1v) is 9.39. The monoisotopic (exact) mass is 360 g/mol. The van der Waals surface area contributed by atoms with Crippen LogP contribution in [0.4, 0.5) is 5.95 Å². The number of nitrogens with one attached hydrogen (secondary N) is 1. The van der Waals surface area contributed by atoms with Gasteiger partial charge in [-0.3, -0.25) is 4.68 Å². The van der Waals surface area contributed by atoms with Gasteiger partial charge in [0.15, 0.2) is 0 Å². The summed E-state index contributed by atoms with van der Waals surface area (Å²) in [6, 6.07) is 0.712. The fourth-order valence-corrected chi connectivity index (χ4v) is 4.11. The van der Waals surface area contributed by atoms with Crippen LogP contribution in [-0.4, -0.2) is 31.8 Å². The van der Waals surface area contributed by atoms with Crippen molar-refractivity contribution in [2.24, 2.45) is 11.1 Å². The fraction of sp³-hybridized carbons (Fsp3) is 0.611. The number of nitrogens with two attached hydrogens (primary N) is 1. The molecule has 3 N–H and O–H groups in total. The Kier molecular flexibility index (Phi) is 4.20. The molecule has 6 nitrogen and oxygen atoms in total. The van der Waals surface area contributed by atoms with Crippen molar-refractivity contribution in [1.82, 2.24) is 19.7 Å². The average Bonchev–Trinajstić information content (AvgIpc) is 3.06. The Balaban J connectivity index is 1.59. The number of aromatic nitrogens is 4. The number of anilines is 1. The van der Waals surface area contributed by atoms with Crippen molar-refractivity contribution >= 4 is 17.5 Å². The van der Waals surface area contributed by atoms with E-state index in [0.29, 0.717) is 23.1 Å². The molecule has 2 aromatic rings. The van der Waals surface area contributed by atoms with E-state index in [4.69, 9.17) is 22.3 Å². The number of fused-ring (bicyclic) bond motifs is 1. The van der Waals surface area contributed by atoms with Crippen molar-refractivity contribution < 1.29 is 0 Å². The van der Waals surface area contributed by atoms with Gasteiger partial charge in [-0.2, -0.15) is 5.10 Å². The van der Waals surface area contributed by atoms with E-state index in [2.05, 4.69) is 33.9 Å². The van der Waals surface area contributed by atoms with Crippen LogP contribution in [0.3, 0.4) is 0 Å². The summed E-state index contributed by atoms with van der Waals surface area (Å²) in [5.41, 5.74) is 9.21. The van der Waals surface area contributed by atoms with Gasteiger partial charge in [0.2, 0.25) is 5.95 Å². The van der Waals surface area contributed by atoms with Gasteiger partial charge in [0.05, 0.1) is 23.1 Å². The highest BCUT2D eigenvalue weighted by Gasteiger charge is 2.32. The van der Waals surface area contributed by atoms with E-state index in [0.717, 1.165) is 49.9 Å². The highest BCUT2D eigenvalue weighted by atomic mass is 35.5. The van der Waals surface area contributed by atoms with Crippen LogP contribution >= 0.6 is 11.6 Å². The Bertz CT molecular complexity index is 776. The minimum Gasteiger partial charge on any atom is -0.351 e. The Morgan fingerprint density at radius 1 is 1.24 bits per heavy atom. The van der Waals surface area contributed by atoms with Crippen molar-refractivity contribution in [3.8, 4) is 11.3 Å². The predicted octanol–water partition coefficient (Wildman–Crippen LogP) is 3.26. The lowest BCUT2D eigenvalue weighted by atomic mass is 9.90. The second-order valence-corrected chi connectivity index (χ2v) is 8.56. The van der Waals surface area contributed by atoms with E-state index in [1.54, 1.807) is 6.20 Å². The lowest BCUT2D eigenvalue weighted by Gasteiger charge is -2.26. The number of halogens is 1. The van der Waals surface area contributed by atoms with Gasteiger partial charge in [-0.05, 0) is 37.5 Å². The van der Waals surface area contributed by atoms with Crippen LogP contribution in [0.1, 0.15) is 45.2 Å². The Morgan fingerprint density at radius 2 is 2.00 bits per heavy atom. The van der Waals surface area contributed by atoms with E-state index >= 15 is 0 Å². The van der Waals surface area contributed by atoms with E-state index in [1.165, 1.54) is 5.69 Å². The van der Waals surface area contributed by atoms with E-state index < -0.39 is 0 Å². The number of hydrogen-bond donors (Lipinski definition) is 2. The molecule has 0 amide bonds. The SMILES string of the molecule is CC1(C)Cc2c(-c3nc(NC4CCC(N)CC4)ncc3Cl)cnn2C1. The largest absolute Gasteiger partial charge is 0.351 e. The van der Waals surface area contributed by atoms with Gasteiger partial charge < -0.3 is 11.1 Å². The third kappa shape index (κ3) is 3.37. The van der Waals surface area contributed by atoms with Crippen LogP contribution in [0.5, 0.6) is 0 Å². The maximum absolute atomic E-state index is 6.42. The zero-order valence-electron chi connectivity index (χ0n) is 14.8. The maximum Gasteiger partial charge on any atom is 0.223 e. The molecule has 0 bridgehead atoms. The first-order chi connectivity index (χ1) is 11.9. The molecular formula is C18H25ClN6. The van der Waals surface area contributed by atoms with Crippen LogP contribution < -0.4 is 11.1 Å². The molecule has 2 aliphatic rings. The standard InChI is InChI=1S/C18H25ClN6/c1-18(2)7-15-13(8-22-25(15)10-18)16-14(19)9-21-17(24-16)23-12-5-3-11(20)4-6-12/h8-9,11-12H,3-7,10,20H2,1-2H3,(H,21,23,24). The molecule has 0 unspecified atom stereocenters. The first-order valence-electron chi connectivity index (χ1n) is 9.01. The van der Waals surface area contributed by atoms with Crippen LogP contribution in [0.25, 0.3) is 11.3 Å². The molecule has 0 spiro atoms. The van der Waals surface area contributed by atoms with Gasteiger partial charge in [0.1, 0.15) is 0 Å². The molecule has 2 aromatic heterocycles. The lowest BCUT2D eigenvalue weighted by molar-refractivity contribution is 0.347. The first kappa shape index (κ1) is 16.8. The Labute approximate surface area is 153 Å². The van der Waals surface area contributed by atoms with Gasteiger partial charge in [-0.25, -0.2) is 9.97 Å². The molecule has 7 heteroatoms. The molecule has 1 aliphatic heterocycles. The summed E-state index contributed by atoms with van der Waals surface area (Å²) in [5.74, 6) is 0.636. The molecule has 134 valence electrons. The highest BCUT2D eigenvalue weighted by molar-refractivity contribution is 6.32. The predicted molar refractivity (Wildman–Crippen MR) is 99.6 cm³/mol. The van der Waals surface area contributed by atoms with Crippen LogP contribution in [0.15, 0.2) is 12.4 Å². The Hall–Kier alpha value is -1.66. The summed E-state index contributed by atoms with van der Waals surface area (Å²) in [6.07, 6.45) is 8.74. The van der Waals surface area contributed by atoms with Crippen molar-refractivity contribution in [2.45, 2.75) is 64.6 Å². The van der Waals surface area contributed by atoms with Crippen molar-refractivity contribution in [1.29, 1.82) is 0 Å². The third-order valence-electron chi connectivity index (χ3n) is 5.28. The van der Waals surface area contributed by atoms with Gasteiger partial charge in [0.25, 0.3) is 0 Å². The zero-order valence-corrected chi connectivity index (χ0v) is 15.6. The maximum atomic E-state index is 6.42. The fourth-order valence-electron chi connectivity index (χ4n) is 3.92. The summed E-state index contributed by atoms with van der Waals surface area (Å²) in [6.45, 7) is 5.44. The van der Waals surface area contributed by atoms with Gasteiger partial charge in [-0.15, -0.1) is 0 Å². The molecule has 25 heavy (non-hydrogen) atoms. The third-order valence-corrected chi connectivity index (χ3v) is 5.55. The summed E-state index contributed by atoms with van der Waals surface area (Å²) in [7, 11) is 0. The topological polar surface area (TPSA) is 81.7 Å². The number of nitrogens with zero attached hydrogens (tertiary/aromatic N) is 4. The number of hydrogen-bond acceptors (Lipinski definition) is 5. The summed E-state index contributed by atoms with van der Waals surface area (Å²) in [4.78, 5) is 9.09. The lowest BCUT2D eigenvalue weighted by Crippen LogP contribution is -2.33. The van der Waals surface area contributed by atoms with E-state index in [1.807, 2.05) is 6.20 Å². The molecule has 1 aliphatic carbocycles. The minimum absolute atomic E-state index is 0.222. The molecule has 4 rings (SSSR count). The molecule has 0 atom stereocenters. The second kappa shape index (κ2) is 6.25. The molecule has 1 fully saturated rings. The van der Waals surface area contributed by atoms with Crippen molar-refractivity contribution in [3.63, 3.8) is 0 Å². The summed E-state index contributed by atoms with van der Waals surface area (Å²) >= 11 is 6.42. The second-order valence-electron chi connectivity index (χ2n) is 8.15. The molecule has 1 saturated carbocycles. The van der Waals surface area contributed by atoms with Crippen LogP contribution in [-0.2, 0) is 13.0 Å². The smallest absolute Gasteiger partial charge is 0.223 e. The minimum atomic E-state index is 0.222. The molecule has 3 heterocycles. The van der Waals surface area contributed by atoms with Gasteiger partial charge in [-0.1, -0.05) is 25.4 Å². The highest BCUT2D eigenvalue weighted by Crippen LogP contribution is 2.38. The molecule has 0 radical (unpaired) electrons.